The number of carbonyl (C=O) groups excluding carboxylic acids is 1. The van der Waals surface area contributed by atoms with Crippen molar-refractivity contribution in [3.05, 3.63) is 42.1 Å². The van der Waals surface area contributed by atoms with Crippen molar-refractivity contribution in [1.29, 1.82) is 0 Å². The maximum atomic E-state index is 13.9. The average molecular weight is 505 g/mol. The highest BCUT2D eigenvalue weighted by Crippen LogP contribution is 2.44. The van der Waals surface area contributed by atoms with Gasteiger partial charge in [0.05, 0.1) is 29.9 Å². The maximum absolute atomic E-state index is 13.9. The Morgan fingerprint density at radius 3 is 2.61 bits per heavy atom. The first-order valence-electron chi connectivity index (χ1n) is 12.8. The van der Waals surface area contributed by atoms with E-state index < -0.39 is 24.1 Å². The lowest BCUT2D eigenvalue weighted by Gasteiger charge is -2.37. The van der Waals surface area contributed by atoms with Crippen LogP contribution in [0, 0.1) is 11.8 Å². The monoisotopic (exact) mass is 504 g/mol. The molecule has 3 atom stereocenters. The van der Waals surface area contributed by atoms with Crippen molar-refractivity contribution in [2.24, 2.45) is 11.8 Å². The molecule has 1 aliphatic heterocycles. The number of carbonyl (C=O) groups is 1. The molecule has 2 aromatic rings. The third kappa shape index (κ3) is 5.45. The van der Waals surface area contributed by atoms with Gasteiger partial charge < -0.3 is 19.9 Å². The maximum Gasteiger partial charge on any atom is 0.394 e. The molecule has 2 aliphatic rings. The number of benzene rings is 1. The molecule has 1 N–H and O–H groups in total. The van der Waals surface area contributed by atoms with Crippen LogP contribution in [0.25, 0.3) is 0 Å². The van der Waals surface area contributed by atoms with Gasteiger partial charge in [-0.15, -0.1) is 0 Å². The summed E-state index contributed by atoms with van der Waals surface area (Å²) in [5.41, 5.74) is 3.20. The number of ether oxygens (including phenoxy) is 1. The lowest BCUT2D eigenvalue weighted by Crippen LogP contribution is -2.45. The van der Waals surface area contributed by atoms with Gasteiger partial charge in [0.2, 0.25) is 5.91 Å². The Hall–Kier alpha value is -2.81. The normalized spacial score (nSPS) is 21.7. The van der Waals surface area contributed by atoms with Crippen LogP contribution in [0.1, 0.15) is 51.5 Å². The fraction of sp³-hybridized carbons (Fsp3) is 0.556. The van der Waals surface area contributed by atoms with E-state index in [4.69, 9.17) is 4.74 Å². The molecule has 0 unspecified atom stereocenters. The average Bonchev–Trinajstić information content (AvgIpc) is 3.03. The number of hydrogen-bond acceptors (Lipinski definition) is 5. The predicted octanol–water partition coefficient (Wildman–Crippen LogP) is 6.29. The van der Waals surface area contributed by atoms with Crippen LogP contribution >= 0.6 is 0 Å². The van der Waals surface area contributed by atoms with Crippen LogP contribution < -0.4 is 15.1 Å². The number of pyridine rings is 1. The van der Waals surface area contributed by atoms with E-state index >= 15 is 0 Å². The van der Waals surface area contributed by atoms with Crippen LogP contribution in [0.5, 0.6) is 0 Å². The highest BCUT2D eigenvalue weighted by Gasteiger charge is 2.50. The van der Waals surface area contributed by atoms with Gasteiger partial charge >= 0.3 is 6.18 Å². The number of nitrogens with one attached hydrogen (secondary N) is 1. The molecule has 1 amide bonds. The Labute approximate surface area is 210 Å². The van der Waals surface area contributed by atoms with Crippen molar-refractivity contribution < 1.29 is 22.7 Å². The van der Waals surface area contributed by atoms with Crippen molar-refractivity contribution in [3.8, 4) is 0 Å². The molecule has 0 saturated heterocycles. The summed E-state index contributed by atoms with van der Waals surface area (Å²) in [6.07, 6.45) is -1.39. The minimum absolute atomic E-state index is 0.203. The lowest BCUT2D eigenvalue weighted by atomic mass is 9.78. The number of amides is 1. The van der Waals surface area contributed by atoms with Gasteiger partial charge in [-0.05, 0) is 56.4 Å². The van der Waals surface area contributed by atoms with E-state index in [-0.39, 0.29) is 25.3 Å². The highest BCUT2D eigenvalue weighted by atomic mass is 19.4. The number of halogens is 3. The molecule has 4 rings (SSSR count). The Morgan fingerprint density at radius 1 is 1.19 bits per heavy atom. The quantitative estimate of drug-likeness (QED) is 0.480. The minimum atomic E-state index is -4.41. The summed E-state index contributed by atoms with van der Waals surface area (Å²) in [7, 11) is 1.31. The summed E-state index contributed by atoms with van der Waals surface area (Å²) in [5.74, 6) is -2.02. The second-order valence-electron chi connectivity index (χ2n) is 9.68. The first-order chi connectivity index (χ1) is 17.3. The Balaban J connectivity index is 1.72. The minimum Gasteiger partial charge on any atom is -0.381 e. The van der Waals surface area contributed by atoms with E-state index in [1.807, 2.05) is 24.3 Å². The van der Waals surface area contributed by atoms with Gasteiger partial charge in [0.1, 0.15) is 5.82 Å². The topological polar surface area (TPSA) is 57.7 Å². The second-order valence-corrected chi connectivity index (χ2v) is 9.68. The molecule has 1 fully saturated rings. The van der Waals surface area contributed by atoms with Crippen LogP contribution in [-0.2, 0) is 16.1 Å². The number of nitrogens with zero attached hydrogens (tertiary/aromatic N) is 3. The molecular weight excluding hydrogens is 469 g/mol. The summed E-state index contributed by atoms with van der Waals surface area (Å²) in [6, 6.07) is 9.64. The van der Waals surface area contributed by atoms with Crippen molar-refractivity contribution in [2.75, 3.05) is 35.3 Å². The molecule has 36 heavy (non-hydrogen) atoms. The summed E-state index contributed by atoms with van der Waals surface area (Å²) in [6.45, 7) is 6.25. The number of aromatic nitrogens is 1. The second kappa shape index (κ2) is 11.1. The third-order valence-corrected chi connectivity index (χ3v) is 7.22. The first kappa shape index (κ1) is 26.3. The Kier molecular flexibility index (Phi) is 8.07. The number of hydrogen-bond donors (Lipinski definition) is 1. The number of methoxy groups -OCH3 is 1. The molecule has 1 saturated carbocycles. The molecule has 1 aromatic carbocycles. The smallest absolute Gasteiger partial charge is 0.381 e. The molecule has 1 aliphatic carbocycles. The van der Waals surface area contributed by atoms with Gasteiger partial charge in [-0.1, -0.05) is 19.9 Å². The zero-order valence-corrected chi connectivity index (χ0v) is 21.1. The fourth-order valence-electron chi connectivity index (χ4n) is 5.43. The number of fused-ring (bicyclic) bond motifs is 2. The van der Waals surface area contributed by atoms with Gasteiger partial charge in [-0.2, -0.15) is 13.2 Å². The van der Waals surface area contributed by atoms with Gasteiger partial charge in [-0.3, -0.25) is 4.79 Å². The van der Waals surface area contributed by atoms with Crippen molar-refractivity contribution in [1.82, 2.24) is 4.98 Å². The predicted molar refractivity (Wildman–Crippen MR) is 136 cm³/mol. The SMILES string of the molecule is CCCN(CCC)c1ccc2c(c1)N(C(=O)[C@@H]1CC[C@H](OC)[C@H](C(F)(F)F)C1)Cc1cccnc1N2. The highest BCUT2D eigenvalue weighted by molar-refractivity contribution is 6.00. The molecule has 196 valence electrons. The van der Waals surface area contributed by atoms with E-state index in [9.17, 15) is 18.0 Å². The molecule has 0 radical (unpaired) electrons. The van der Waals surface area contributed by atoms with E-state index in [0.29, 0.717) is 17.9 Å². The van der Waals surface area contributed by atoms with Crippen molar-refractivity contribution in [2.45, 2.75) is 64.8 Å². The van der Waals surface area contributed by atoms with Crippen LogP contribution in [0.2, 0.25) is 0 Å². The van der Waals surface area contributed by atoms with Crippen LogP contribution in [-0.4, -0.2) is 43.4 Å². The fourth-order valence-corrected chi connectivity index (χ4v) is 5.43. The van der Waals surface area contributed by atoms with Gasteiger partial charge in [0.25, 0.3) is 0 Å². The standard InChI is InChI=1S/C27H35F3N4O2/c1-4-13-33(14-5-2)20-9-10-22-23(16-20)34(17-19-7-6-12-31-25(19)32-22)26(35)18-8-11-24(36-3)21(15-18)27(28,29)30/h6-7,9-10,12,16,18,21,24H,4-5,8,11,13-15,17H2,1-3H3,(H,31,32)/t18-,21-,24+/m1/s1. The molecule has 0 spiro atoms. The van der Waals surface area contributed by atoms with Crippen LogP contribution in [0.15, 0.2) is 36.5 Å². The number of rotatable bonds is 7. The molecule has 6 nitrogen and oxygen atoms in total. The van der Waals surface area contributed by atoms with Gasteiger partial charge in [0, 0.05) is 43.6 Å². The summed E-state index contributed by atoms with van der Waals surface area (Å²) in [5, 5.41) is 3.35. The zero-order chi connectivity index (χ0) is 25.9. The Morgan fingerprint density at radius 2 is 1.94 bits per heavy atom. The summed E-state index contributed by atoms with van der Waals surface area (Å²) in [4.78, 5) is 22.3. The van der Waals surface area contributed by atoms with Crippen molar-refractivity contribution in [3.63, 3.8) is 0 Å². The van der Waals surface area contributed by atoms with Crippen molar-refractivity contribution >= 4 is 28.8 Å². The van der Waals surface area contributed by atoms with E-state index in [1.165, 1.54) is 7.11 Å². The van der Waals surface area contributed by atoms with Crippen LogP contribution in [0.4, 0.5) is 36.1 Å². The largest absolute Gasteiger partial charge is 0.394 e. The van der Waals surface area contributed by atoms with Crippen LogP contribution in [0.3, 0.4) is 0 Å². The first-order valence-corrected chi connectivity index (χ1v) is 12.8. The van der Waals surface area contributed by atoms with E-state index in [1.54, 1.807) is 17.2 Å². The van der Waals surface area contributed by atoms with E-state index in [2.05, 4.69) is 29.0 Å². The molecule has 2 heterocycles. The molecular formula is C27H35F3N4O2. The molecule has 1 aromatic heterocycles. The Bertz CT molecular complexity index is 1060. The lowest BCUT2D eigenvalue weighted by molar-refractivity contribution is -0.216. The summed E-state index contributed by atoms with van der Waals surface area (Å²) >= 11 is 0. The summed E-state index contributed by atoms with van der Waals surface area (Å²) < 4.78 is 46.6. The third-order valence-electron chi connectivity index (χ3n) is 7.22. The number of alkyl halides is 3. The molecule has 0 bridgehead atoms. The van der Waals surface area contributed by atoms with Gasteiger partial charge in [0.15, 0.2) is 0 Å². The zero-order valence-electron chi connectivity index (χ0n) is 21.1. The van der Waals surface area contributed by atoms with Gasteiger partial charge in [-0.25, -0.2) is 4.98 Å². The van der Waals surface area contributed by atoms with E-state index in [0.717, 1.165) is 42.9 Å². The molecule has 9 heteroatoms. The number of anilines is 4.